The molecule has 0 aromatic heterocycles. The minimum Gasteiger partial charge on any atom is -0.285 e. The summed E-state index contributed by atoms with van der Waals surface area (Å²) in [7, 11) is 0. The Morgan fingerprint density at radius 2 is 2.33 bits per heavy atom. The zero-order valence-electron chi connectivity index (χ0n) is 4.73. The number of hydrogen-bond donors (Lipinski definition) is 1. The summed E-state index contributed by atoms with van der Waals surface area (Å²) in [6.07, 6.45) is 5.30. The van der Waals surface area contributed by atoms with Crippen molar-refractivity contribution in [3.05, 3.63) is 0 Å². The third-order valence-corrected chi connectivity index (χ3v) is 1.37. The van der Waals surface area contributed by atoms with Gasteiger partial charge in [-0.1, -0.05) is 0 Å². The quantitative estimate of drug-likeness (QED) is 0.468. The third kappa shape index (κ3) is 0.630. The molecule has 2 unspecified atom stereocenters. The largest absolute Gasteiger partial charge is 0.285 e. The number of hydrazone groups is 1. The van der Waals surface area contributed by atoms with Crippen molar-refractivity contribution < 1.29 is 0 Å². The second kappa shape index (κ2) is 1.65. The van der Waals surface area contributed by atoms with Crippen LogP contribution in [0.5, 0.6) is 0 Å². The van der Waals surface area contributed by atoms with Gasteiger partial charge in [-0.05, 0) is 0 Å². The Morgan fingerprint density at radius 3 is 3.22 bits per heavy atom. The second-order valence-corrected chi connectivity index (χ2v) is 1.99. The van der Waals surface area contributed by atoms with Crippen LogP contribution in [0.15, 0.2) is 15.1 Å². The van der Waals surface area contributed by atoms with Gasteiger partial charge < -0.3 is 0 Å². The summed E-state index contributed by atoms with van der Waals surface area (Å²) >= 11 is 0. The van der Waals surface area contributed by atoms with E-state index >= 15 is 0 Å². The summed E-state index contributed by atoms with van der Waals surface area (Å²) in [5, 5.41) is 3.85. The Balaban J connectivity index is 2.25. The smallest absolute Gasteiger partial charge is 0.148 e. The standard InChI is InChI=1S/C5H6N4/c1-4-2-8-9-5(4)7-3-6-1/h1-5,9H. The molecule has 0 aromatic rings. The van der Waals surface area contributed by atoms with Crippen LogP contribution in [-0.4, -0.2) is 24.9 Å². The fraction of sp³-hybridized carbons (Fsp3) is 0.400. The minimum atomic E-state index is 0.113. The highest BCUT2D eigenvalue weighted by Gasteiger charge is 2.21. The molecule has 0 bridgehead atoms. The van der Waals surface area contributed by atoms with Crippen molar-refractivity contribution in [3.63, 3.8) is 0 Å². The molecule has 0 saturated heterocycles. The van der Waals surface area contributed by atoms with Gasteiger partial charge in [0.05, 0.1) is 5.92 Å². The number of fused-ring (bicyclic) bond motifs is 1. The maximum absolute atomic E-state index is 4.03. The zero-order chi connectivity index (χ0) is 6.10. The average molecular weight is 122 g/mol. The highest BCUT2D eigenvalue weighted by atomic mass is 15.4. The molecule has 2 rings (SSSR count). The first-order valence-electron chi connectivity index (χ1n) is 2.80. The van der Waals surface area contributed by atoms with E-state index in [1.54, 1.807) is 6.34 Å². The molecule has 2 heterocycles. The molecule has 0 aliphatic carbocycles. The van der Waals surface area contributed by atoms with Crippen LogP contribution in [0.3, 0.4) is 0 Å². The van der Waals surface area contributed by atoms with Crippen LogP contribution in [0.1, 0.15) is 0 Å². The first kappa shape index (κ1) is 4.67. The lowest BCUT2D eigenvalue weighted by Crippen LogP contribution is -2.28. The Morgan fingerprint density at radius 1 is 1.33 bits per heavy atom. The van der Waals surface area contributed by atoms with Crippen LogP contribution in [-0.2, 0) is 0 Å². The van der Waals surface area contributed by atoms with E-state index in [9.17, 15) is 0 Å². The van der Waals surface area contributed by atoms with Crippen molar-refractivity contribution in [3.8, 4) is 0 Å². The van der Waals surface area contributed by atoms with E-state index in [0.717, 1.165) is 0 Å². The van der Waals surface area contributed by atoms with Crippen LogP contribution in [0, 0.1) is 5.92 Å². The average Bonchev–Trinajstić information content (AvgIpc) is 2.33. The molecule has 4 heteroatoms. The Kier molecular flexibility index (Phi) is 0.855. The number of nitrogens with zero attached hydrogens (tertiary/aromatic N) is 3. The van der Waals surface area contributed by atoms with Crippen molar-refractivity contribution in [2.75, 3.05) is 0 Å². The Labute approximate surface area is 52.4 Å². The van der Waals surface area contributed by atoms with E-state index in [1.165, 1.54) is 0 Å². The number of aliphatic imine (C=N–C) groups is 2. The molecule has 2 aliphatic rings. The lowest BCUT2D eigenvalue weighted by atomic mass is 10.1. The fourth-order valence-corrected chi connectivity index (χ4v) is 0.874. The van der Waals surface area contributed by atoms with E-state index in [2.05, 4.69) is 20.5 Å². The van der Waals surface area contributed by atoms with E-state index in [1.807, 2.05) is 12.4 Å². The van der Waals surface area contributed by atoms with Gasteiger partial charge in [-0.25, -0.2) is 9.98 Å². The van der Waals surface area contributed by atoms with Gasteiger partial charge in [-0.2, -0.15) is 5.10 Å². The first-order chi connectivity index (χ1) is 4.47. The minimum absolute atomic E-state index is 0.113. The summed E-state index contributed by atoms with van der Waals surface area (Å²) in [6, 6.07) is 0. The third-order valence-electron chi connectivity index (χ3n) is 1.37. The van der Waals surface area contributed by atoms with Gasteiger partial charge in [0.1, 0.15) is 12.5 Å². The lowest BCUT2D eigenvalue weighted by Gasteiger charge is -2.10. The predicted molar refractivity (Wildman–Crippen MR) is 35.9 cm³/mol. The molecule has 4 nitrogen and oxygen atoms in total. The Hall–Kier alpha value is -1.19. The van der Waals surface area contributed by atoms with Crippen molar-refractivity contribution in [2.24, 2.45) is 21.0 Å². The molecule has 0 amide bonds. The van der Waals surface area contributed by atoms with E-state index in [0.29, 0.717) is 0 Å². The normalized spacial score (nSPS) is 36.4. The Bertz CT molecular complexity index is 193. The fourth-order valence-electron chi connectivity index (χ4n) is 0.874. The number of rotatable bonds is 0. The van der Waals surface area contributed by atoms with Gasteiger partial charge in [0.15, 0.2) is 0 Å². The topological polar surface area (TPSA) is 49.1 Å². The van der Waals surface area contributed by atoms with Crippen LogP contribution < -0.4 is 5.43 Å². The monoisotopic (exact) mass is 122 g/mol. The van der Waals surface area contributed by atoms with Gasteiger partial charge in [0, 0.05) is 12.4 Å². The summed E-state index contributed by atoms with van der Waals surface area (Å²) in [5.41, 5.74) is 2.84. The van der Waals surface area contributed by atoms with Crippen molar-refractivity contribution >= 4 is 18.8 Å². The zero-order valence-corrected chi connectivity index (χ0v) is 4.73. The van der Waals surface area contributed by atoms with Crippen LogP contribution in [0.25, 0.3) is 0 Å². The summed E-state index contributed by atoms with van der Waals surface area (Å²) < 4.78 is 0. The molecule has 0 fully saturated rings. The highest BCUT2D eigenvalue weighted by Crippen LogP contribution is 2.07. The summed E-state index contributed by atoms with van der Waals surface area (Å²) in [6.45, 7) is 0. The molecule has 2 atom stereocenters. The predicted octanol–water partition coefficient (Wildman–Crippen LogP) is -0.370. The van der Waals surface area contributed by atoms with Gasteiger partial charge >= 0.3 is 0 Å². The maximum atomic E-state index is 4.03. The number of hydrogen-bond acceptors (Lipinski definition) is 4. The van der Waals surface area contributed by atoms with Crippen molar-refractivity contribution in [1.29, 1.82) is 0 Å². The SMILES string of the molecule is C1=NC=NC2NN=CC12. The van der Waals surface area contributed by atoms with Gasteiger partial charge in [-0.15, -0.1) is 0 Å². The number of nitrogens with one attached hydrogen (secondary N) is 1. The maximum Gasteiger partial charge on any atom is 0.148 e. The molecular formula is C5H6N4. The van der Waals surface area contributed by atoms with E-state index < -0.39 is 0 Å². The molecule has 0 aromatic carbocycles. The molecule has 1 N–H and O–H groups in total. The van der Waals surface area contributed by atoms with Gasteiger partial charge in [0.2, 0.25) is 0 Å². The van der Waals surface area contributed by atoms with Gasteiger partial charge in [-0.3, -0.25) is 5.43 Å². The second-order valence-electron chi connectivity index (χ2n) is 1.99. The van der Waals surface area contributed by atoms with E-state index in [4.69, 9.17) is 0 Å². The molecule has 0 spiro atoms. The lowest BCUT2D eigenvalue weighted by molar-refractivity contribution is 0.569. The van der Waals surface area contributed by atoms with Crippen molar-refractivity contribution in [2.45, 2.75) is 6.17 Å². The summed E-state index contributed by atoms with van der Waals surface area (Å²) in [4.78, 5) is 7.90. The molecule has 0 saturated carbocycles. The summed E-state index contributed by atoms with van der Waals surface area (Å²) in [5.74, 6) is 0.273. The van der Waals surface area contributed by atoms with Crippen LogP contribution >= 0.6 is 0 Å². The molecule has 46 valence electrons. The van der Waals surface area contributed by atoms with E-state index in [-0.39, 0.29) is 12.1 Å². The molecule has 2 aliphatic heterocycles. The van der Waals surface area contributed by atoms with Crippen LogP contribution in [0.4, 0.5) is 0 Å². The first-order valence-corrected chi connectivity index (χ1v) is 2.80. The van der Waals surface area contributed by atoms with Crippen LogP contribution in [0.2, 0.25) is 0 Å². The van der Waals surface area contributed by atoms with Crippen molar-refractivity contribution in [1.82, 2.24) is 5.43 Å². The van der Waals surface area contributed by atoms with Gasteiger partial charge in [0.25, 0.3) is 0 Å². The molecule has 0 radical (unpaired) electrons. The molecular weight excluding hydrogens is 116 g/mol. The highest BCUT2D eigenvalue weighted by molar-refractivity contribution is 5.90. The molecule has 9 heavy (non-hydrogen) atoms.